The first-order valence-electron chi connectivity index (χ1n) is 5.24. The Hall–Kier alpha value is -0.540. The summed E-state index contributed by atoms with van der Waals surface area (Å²) in [5.41, 5.74) is 0. The van der Waals surface area contributed by atoms with Crippen molar-refractivity contribution < 1.29 is 9.90 Å². The molecule has 0 bridgehead atoms. The number of carboxylic acids is 1. The fourth-order valence-electron chi connectivity index (χ4n) is 1.85. The molecule has 1 rings (SSSR count). The summed E-state index contributed by atoms with van der Waals surface area (Å²) in [6, 6.07) is 0.611. The molecule has 4 heteroatoms. The summed E-state index contributed by atoms with van der Waals surface area (Å²) in [5, 5.41) is 8.49. The van der Waals surface area contributed by atoms with Gasteiger partial charge in [-0.15, -0.1) is 12.4 Å². The van der Waals surface area contributed by atoms with E-state index < -0.39 is 5.97 Å². The normalized spacial score (nSPS) is 19.4. The van der Waals surface area contributed by atoms with Crippen molar-refractivity contribution in [3.63, 3.8) is 0 Å². The number of hydrogen-bond donors (Lipinski definition) is 1. The van der Waals surface area contributed by atoms with Gasteiger partial charge in [-0.25, -0.2) is 4.79 Å². The average Bonchev–Trinajstić information content (AvgIpc) is 2.15. The Kier molecular flexibility index (Phi) is 6.61. The van der Waals surface area contributed by atoms with Gasteiger partial charge in [0.05, 0.1) is 0 Å². The van der Waals surface area contributed by atoms with E-state index in [4.69, 9.17) is 5.11 Å². The van der Waals surface area contributed by atoms with Gasteiger partial charge in [0.25, 0.3) is 0 Å². The second-order valence-electron chi connectivity index (χ2n) is 4.16. The summed E-state index contributed by atoms with van der Waals surface area (Å²) in [6.45, 7) is 6.58. The van der Waals surface area contributed by atoms with E-state index in [0.717, 1.165) is 25.9 Å². The highest BCUT2D eigenvalue weighted by molar-refractivity contribution is 5.85. The van der Waals surface area contributed by atoms with Crippen molar-refractivity contribution in [3.05, 3.63) is 12.2 Å². The molecule has 1 fully saturated rings. The van der Waals surface area contributed by atoms with Crippen molar-refractivity contribution in [2.75, 3.05) is 13.1 Å². The molecule has 0 saturated carbocycles. The van der Waals surface area contributed by atoms with Gasteiger partial charge in [0.1, 0.15) is 0 Å². The van der Waals surface area contributed by atoms with Crippen LogP contribution in [0.5, 0.6) is 0 Å². The predicted octanol–water partition coefficient (Wildman–Crippen LogP) is 2.17. The first-order valence-corrected chi connectivity index (χ1v) is 5.24. The lowest BCUT2D eigenvalue weighted by Crippen LogP contribution is -2.38. The Morgan fingerprint density at radius 2 is 1.93 bits per heavy atom. The Morgan fingerprint density at radius 3 is 2.33 bits per heavy atom. The summed E-state index contributed by atoms with van der Waals surface area (Å²) < 4.78 is 0. The molecule has 0 amide bonds. The molecular weight excluding hydrogens is 214 g/mol. The van der Waals surface area contributed by atoms with E-state index in [1.54, 1.807) is 0 Å². The van der Waals surface area contributed by atoms with Gasteiger partial charge in [-0.2, -0.15) is 0 Å². The van der Waals surface area contributed by atoms with E-state index in [0.29, 0.717) is 12.0 Å². The molecule has 1 N–H and O–H groups in total. The van der Waals surface area contributed by atoms with Gasteiger partial charge < -0.3 is 10.0 Å². The minimum Gasteiger partial charge on any atom is -0.478 e. The van der Waals surface area contributed by atoms with Gasteiger partial charge >= 0.3 is 5.97 Å². The smallest absolute Gasteiger partial charge is 0.327 e. The number of allylic oxidation sites excluding steroid dienone is 1. The first kappa shape index (κ1) is 14.5. The van der Waals surface area contributed by atoms with Crippen LogP contribution < -0.4 is 0 Å². The molecule has 0 unspecified atom stereocenters. The molecule has 1 saturated heterocycles. The fraction of sp³-hybridized carbons (Fsp3) is 0.727. The Morgan fingerprint density at radius 1 is 1.40 bits per heavy atom. The minimum absolute atomic E-state index is 0. The highest BCUT2D eigenvalue weighted by atomic mass is 35.5. The molecule has 1 aliphatic heterocycles. The van der Waals surface area contributed by atoms with Crippen molar-refractivity contribution in [2.24, 2.45) is 5.92 Å². The molecule has 0 atom stereocenters. The molecule has 0 aromatic rings. The highest BCUT2D eigenvalue weighted by Crippen LogP contribution is 2.19. The fourth-order valence-corrected chi connectivity index (χ4v) is 1.85. The van der Waals surface area contributed by atoms with E-state index in [-0.39, 0.29) is 12.4 Å². The zero-order valence-corrected chi connectivity index (χ0v) is 10.2. The highest BCUT2D eigenvalue weighted by Gasteiger charge is 2.18. The van der Waals surface area contributed by atoms with Gasteiger partial charge in [0.15, 0.2) is 0 Å². The molecule has 0 aromatic carbocycles. The maximum absolute atomic E-state index is 10.3. The maximum Gasteiger partial charge on any atom is 0.327 e. The summed E-state index contributed by atoms with van der Waals surface area (Å²) >= 11 is 0. The number of halogens is 1. The molecule has 1 heterocycles. The van der Waals surface area contributed by atoms with Gasteiger partial charge in [-0.3, -0.25) is 0 Å². The summed E-state index contributed by atoms with van der Waals surface area (Å²) in [5.74, 6) is -0.377. The number of aliphatic carboxylic acids is 1. The Bertz CT molecular complexity index is 221. The van der Waals surface area contributed by atoms with Crippen LogP contribution in [0.4, 0.5) is 0 Å². The molecule has 3 nitrogen and oxygen atoms in total. The monoisotopic (exact) mass is 233 g/mol. The van der Waals surface area contributed by atoms with Crippen LogP contribution in [0.25, 0.3) is 0 Å². The molecule has 1 aliphatic rings. The molecular formula is C11H20ClNO2. The molecule has 88 valence electrons. The number of nitrogens with zero attached hydrogens (tertiary/aromatic N) is 1. The predicted molar refractivity (Wildman–Crippen MR) is 63.5 cm³/mol. The minimum atomic E-state index is -0.837. The molecule has 0 radical (unpaired) electrons. The third kappa shape index (κ3) is 5.19. The Labute approximate surface area is 97.6 Å². The number of hydrogen-bond acceptors (Lipinski definition) is 2. The van der Waals surface area contributed by atoms with Crippen LogP contribution in [-0.2, 0) is 4.79 Å². The van der Waals surface area contributed by atoms with E-state index in [2.05, 4.69) is 18.7 Å². The van der Waals surface area contributed by atoms with Crippen LogP contribution in [-0.4, -0.2) is 35.1 Å². The van der Waals surface area contributed by atoms with E-state index >= 15 is 0 Å². The number of likely N-dealkylation sites (tertiary alicyclic amines) is 1. The summed E-state index contributed by atoms with van der Waals surface area (Å²) in [6.07, 6.45) is 5.28. The zero-order valence-electron chi connectivity index (χ0n) is 9.35. The van der Waals surface area contributed by atoms with Crippen LogP contribution >= 0.6 is 12.4 Å². The van der Waals surface area contributed by atoms with Crippen LogP contribution in [0, 0.1) is 5.92 Å². The van der Waals surface area contributed by atoms with Crippen molar-refractivity contribution in [2.45, 2.75) is 32.7 Å². The molecule has 15 heavy (non-hydrogen) atoms. The summed E-state index contributed by atoms with van der Waals surface area (Å²) in [7, 11) is 0. The lowest BCUT2D eigenvalue weighted by Gasteiger charge is -2.33. The number of piperidine rings is 1. The first-order chi connectivity index (χ1) is 6.59. The van der Waals surface area contributed by atoms with Gasteiger partial charge in [-0.1, -0.05) is 6.08 Å². The van der Waals surface area contributed by atoms with Crippen molar-refractivity contribution >= 4 is 18.4 Å². The van der Waals surface area contributed by atoms with Gasteiger partial charge in [0.2, 0.25) is 0 Å². The number of rotatable bonds is 3. The zero-order chi connectivity index (χ0) is 10.6. The lowest BCUT2D eigenvalue weighted by atomic mass is 9.95. The second-order valence-corrected chi connectivity index (χ2v) is 4.16. The van der Waals surface area contributed by atoms with Crippen LogP contribution in [0.2, 0.25) is 0 Å². The quantitative estimate of drug-likeness (QED) is 0.760. The molecule has 0 aliphatic carbocycles. The largest absolute Gasteiger partial charge is 0.478 e. The van der Waals surface area contributed by atoms with E-state index in [1.807, 2.05) is 6.08 Å². The van der Waals surface area contributed by atoms with Gasteiger partial charge in [-0.05, 0) is 45.7 Å². The van der Waals surface area contributed by atoms with Gasteiger partial charge in [0, 0.05) is 12.1 Å². The van der Waals surface area contributed by atoms with Crippen molar-refractivity contribution in [3.8, 4) is 0 Å². The summed E-state index contributed by atoms with van der Waals surface area (Å²) in [4.78, 5) is 12.8. The third-order valence-electron chi connectivity index (χ3n) is 2.82. The second kappa shape index (κ2) is 6.85. The van der Waals surface area contributed by atoms with E-state index in [9.17, 15) is 4.79 Å². The van der Waals surface area contributed by atoms with Crippen molar-refractivity contribution in [1.82, 2.24) is 4.90 Å². The molecule has 0 spiro atoms. The number of carbonyl (C=O) groups is 1. The van der Waals surface area contributed by atoms with Crippen molar-refractivity contribution in [1.29, 1.82) is 0 Å². The molecule has 0 aromatic heterocycles. The van der Waals surface area contributed by atoms with Crippen LogP contribution in [0.15, 0.2) is 12.2 Å². The standard InChI is InChI=1S/C11H19NO2.ClH/c1-9(2)12-7-5-10(6-8-12)3-4-11(13)14;/h3-4,9-10H,5-8H2,1-2H3,(H,13,14);1H/b4-3+;. The lowest BCUT2D eigenvalue weighted by molar-refractivity contribution is -0.131. The topological polar surface area (TPSA) is 40.5 Å². The van der Waals surface area contributed by atoms with Crippen LogP contribution in [0.3, 0.4) is 0 Å². The third-order valence-corrected chi connectivity index (χ3v) is 2.82. The average molecular weight is 234 g/mol. The maximum atomic E-state index is 10.3. The van der Waals surface area contributed by atoms with E-state index in [1.165, 1.54) is 6.08 Å². The SMILES string of the molecule is CC(C)N1CCC(/C=C/C(=O)O)CC1.Cl. The number of carboxylic acid groups (broad SMARTS) is 1. The Balaban J connectivity index is 0.00000196. The van der Waals surface area contributed by atoms with Crippen LogP contribution in [0.1, 0.15) is 26.7 Å².